The summed E-state index contributed by atoms with van der Waals surface area (Å²) in [7, 11) is -0.884. The molecule has 2 N–H and O–H groups in total. The Labute approximate surface area is 76.6 Å². The lowest BCUT2D eigenvalue weighted by Gasteiger charge is -2.15. The molecule has 12 heavy (non-hydrogen) atoms. The third kappa shape index (κ3) is 8.24. The van der Waals surface area contributed by atoms with E-state index in [1.54, 1.807) is 0 Å². The van der Waals surface area contributed by atoms with Crippen LogP contribution in [0.3, 0.4) is 0 Å². The number of aliphatic hydroxyl groups excluding tert-OH is 2. The Morgan fingerprint density at radius 3 is 2.17 bits per heavy atom. The van der Waals surface area contributed by atoms with Gasteiger partial charge in [-0.25, -0.2) is 0 Å². The maximum absolute atomic E-state index is 9.05. The predicted octanol–water partition coefficient (Wildman–Crippen LogP) is 1.85. The van der Waals surface area contributed by atoms with Gasteiger partial charge in [-0.15, -0.1) is 0 Å². The van der Waals surface area contributed by atoms with Crippen molar-refractivity contribution in [3.8, 4) is 0 Å². The van der Waals surface area contributed by atoms with E-state index in [4.69, 9.17) is 10.2 Å². The van der Waals surface area contributed by atoms with Crippen LogP contribution in [0.15, 0.2) is 0 Å². The highest BCUT2D eigenvalue weighted by molar-refractivity contribution is 6.76. The summed E-state index contributed by atoms with van der Waals surface area (Å²) in [4.78, 5) is 0. The van der Waals surface area contributed by atoms with Crippen LogP contribution in [0.2, 0.25) is 25.7 Å². The van der Waals surface area contributed by atoms with E-state index in [0.29, 0.717) is 0 Å². The quantitative estimate of drug-likeness (QED) is 0.496. The molecule has 0 aliphatic rings. The fourth-order valence-electron chi connectivity index (χ4n) is 1.13. The van der Waals surface area contributed by atoms with Gasteiger partial charge in [-0.05, 0) is 6.42 Å². The Morgan fingerprint density at radius 1 is 1.17 bits per heavy atom. The molecule has 1 atom stereocenters. The van der Waals surface area contributed by atoms with Crippen molar-refractivity contribution in [3.63, 3.8) is 0 Å². The topological polar surface area (TPSA) is 40.5 Å². The smallest absolute Gasteiger partial charge is 0.0770 e. The van der Waals surface area contributed by atoms with Crippen molar-refractivity contribution >= 4 is 8.07 Å². The SMILES string of the molecule is C[Si](C)(C)CCCCC(O)CO. The predicted molar refractivity (Wildman–Crippen MR) is 55.1 cm³/mol. The monoisotopic (exact) mass is 190 g/mol. The number of unbranched alkanes of at least 4 members (excludes halogenated alkanes) is 1. The first-order valence-electron chi connectivity index (χ1n) is 4.74. The molecule has 0 aromatic carbocycles. The van der Waals surface area contributed by atoms with Gasteiger partial charge >= 0.3 is 0 Å². The maximum atomic E-state index is 9.05. The molecule has 0 aromatic rings. The fourth-order valence-corrected chi connectivity index (χ4v) is 2.44. The van der Waals surface area contributed by atoms with Gasteiger partial charge in [-0.1, -0.05) is 38.5 Å². The molecule has 0 spiro atoms. The fraction of sp³-hybridized carbons (Fsp3) is 1.00. The Bertz CT molecular complexity index is 110. The number of hydrogen-bond donors (Lipinski definition) is 2. The van der Waals surface area contributed by atoms with Gasteiger partial charge in [0.2, 0.25) is 0 Å². The summed E-state index contributed by atoms with van der Waals surface area (Å²) in [5.41, 5.74) is 0. The van der Waals surface area contributed by atoms with Crippen LogP contribution in [0.1, 0.15) is 19.3 Å². The Balaban J connectivity index is 3.22. The highest BCUT2D eigenvalue weighted by Gasteiger charge is 2.12. The van der Waals surface area contributed by atoms with Crippen molar-refractivity contribution in [2.24, 2.45) is 0 Å². The van der Waals surface area contributed by atoms with E-state index < -0.39 is 14.2 Å². The summed E-state index contributed by atoms with van der Waals surface area (Å²) in [6.07, 6.45) is 2.51. The highest BCUT2D eigenvalue weighted by atomic mass is 28.3. The van der Waals surface area contributed by atoms with Crippen LogP contribution in [0, 0.1) is 0 Å². The van der Waals surface area contributed by atoms with Crippen molar-refractivity contribution in [1.29, 1.82) is 0 Å². The molecular formula is C9H22O2Si. The van der Waals surface area contributed by atoms with E-state index in [-0.39, 0.29) is 6.61 Å². The van der Waals surface area contributed by atoms with Crippen LogP contribution in [0.5, 0.6) is 0 Å². The molecule has 0 saturated heterocycles. The second-order valence-electron chi connectivity index (χ2n) is 4.64. The summed E-state index contributed by atoms with van der Waals surface area (Å²) in [5.74, 6) is 0. The molecule has 74 valence electrons. The second kappa shape index (κ2) is 5.73. The van der Waals surface area contributed by atoms with Crippen molar-refractivity contribution < 1.29 is 10.2 Å². The second-order valence-corrected chi connectivity index (χ2v) is 10.3. The van der Waals surface area contributed by atoms with Gasteiger partial charge in [-0.2, -0.15) is 0 Å². The molecule has 0 bridgehead atoms. The van der Waals surface area contributed by atoms with E-state index in [0.717, 1.165) is 12.8 Å². The van der Waals surface area contributed by atoms with Gasteiger partial charge in [0, 0.05) is 8.07 Å². The minimum Gasteiger partial charge on any atom is -0.394 e. The first kappa shape index (κ1) is 12.1. The summed E-state index contributed by atoms with van der Waals surface area (Å²) < 4.78 is 0. The van der Waals surface area contributed by atoms with E-state index in [9.17, 15) is 0 Å². The molecule has 3 heteroatoms. The molecule has 0 amide bonds. The van der Waals surface area contributed by atoms with Gasteiger partial charge in [0.05, 0.1) is 12.7 Å². The lowest BCUT2D eigenvalue weighted by Crippen LogP contribution is -2.19. The summed E-state index contributed by atoms with van der Waals surface area (Å²) >= 11 is 0. The van der Waals surface area contributed by atoms with Gasteiger partial charge in [-0.3, -0.25) is 0 Å². The number of aliphatic hydroxyl groups is 2. The third-order valence-corrected chi connectivity index (χ3v) is 3.78. The number of hydrogen-bond acceptors (Lipinski definition) is 2. The molecule has 0 aliphatic carbocycles. The first-order valence-corrected chi connectivity index (χ1v) is 8.45. The summed E-state index contributed by atoms with van der Waals surface area (Å²) in [6, 6.07) is 1.32. The van der Waals surface area contributed by atoms with Crippen molar-refractivity contribution in [2.45, 2.75) is 51.1 Å². The molecule has 0 rings (SSSR count). The maximum Gasteiger partial charge on any atom is 0.0770 e. The van der Waals surface area contributed by atoms with Crippen LogP contribution >= 0.6 is 0 Å². The van der Waals surface area contributed by atoms with Crippen molar-refractivity contribution in [1.82, 2.24) is 0 Å². The van der Waals surface area contributed by atoms with E-state index in [1.165, 1.54) is 12.5 Å². The normalized spacial score (nSPS) is 14.8. The molecule has 2 nitrogen and oxygen atoms in total. The molecule has 0 aliphatic heterocycles. The Kier molecular flexibility index (Phi) is 5.79. The number of rotatable bonds is 6. The molecular weight excluding hydrogens is 168 g/mol. The summed E-state index contributed by atoms with van der Waals surface area (Å²) in [6.45, 7) is 6.98. The lowest BCUT2D eigenvalue weighted by molar-refractivity contribution is 0.0864. The standard InChI is InChI=1S/C9H22O2Si/c1-12(2,3)7-5-4-6-9(11)8-10/h9-11H,4-8H2,1-3H3. The van der Waals surface area contributed by atoms with E-state index in [1.807, 2.05) is 0 Å². The minimum atomic E-state index is -0.884. The van der Waals surface area contributed by atoms with Crippen LogP contribution in [0.4, 0.5) is 0 Å². The minimum absolute atomic E-state index is 0.0903. The Hall–Kier alpha value is 0.137. The van der Waals surface area contributed by atoms with Crippen LogP contribution in [0.25, 0.3) is 0 Å². The zero-order chi connectivity index (χ0) is 9.61. The van der Waals surface area contributed by atoms with Crippen LogP contribution in [-0.4, -0.2) is 31.0 Å². The average molecular weight is 190 g/mol. The van der Waals surface area contributed by atoms with Gasteiger partial charge in [0.25, 0.3) is 0 Å². The van der Waals surface area contributed by atoms with Gasteiger partial charge in [0.15, 0.2) is 0 Å². The Morgan fingerprint density at radius 2 is 1.75 bits per heavy atom. The molecule has 0 fully saturated rings. The van der Waals surface area contributed by atoms with Crippen molar-refractivity contribution in [2.75, 3.05) is 6.61 Å². The third-order valence-electron chi connectivity index (χ3n) is 1.92. The largest absolute Gasteiger partial charge is 0.394 e. The zero-order valence-corrected chi connectivity index (χ0v) is 9.51. The van der Waals surface area contributed by atoms with Crippen LogP contribution < -0.4 is 0 Å². The first-order chi connectivity index (χ1) is 5.45. The van der Waals surface area contributed by atoms with E-state index in [2.05, 4.69) is 19.6 Å². The van der Waals surface area contributed by atoms with Gasteiger partial charge in [0.1, 0.15) is 0 Å². The zero-order valence-electron chi connectivity index (χ0n) is 8.51. The molecule has 0 aromatic heterocycles. The van der Waals surface area contributed by atoms with Gasteiger partial charge < -0.3 is 10.2 Å². The molecule has 0 saturated carbocycles. The average Bonchev–Trinajstić information content (AvgIpc) is 1.96. The van der Waals surface area contributed by atoms with Crippen molar-refractivity contribution in [3.05, 3.63) is 0 Å². The highest BCUT2D eigenvalue weighted by Crippen LogP contribution is 2.14. The molecule has 0 radical (unpaired) electrons. The molecule has 1 unspecified atom stereocenters. The molecule has 0 heterocycles. The summed E-state index contributed by atoms with van der Waals surface area (Å²) in [5, 5.41) is 17.6. The van der Waals surface area contributed by atoms with E-state index >= 15 is 0 Å². The lowest BCUT2D eigenvalue weighted by atomic mass is 10.2. The van der Waals surface area contributed by atoms with Crippen LogP contribution in [-0.2, 0) is 0 Å².